The maximum atomic E-state index is 11.9. The predicted molar refractivity (Wildman–Crippen MR) is 81.7 cm³/mol. The standard InChI is InChI=1S/C18H12O4/c19-17(21-14-9-2-1-3-10-14)18(20)22-16-12-6-8-13-7-4-5-11-15(13)16/h1-12H. The average Bonchev–Trinajstić information content (AvgIpc) is 2.56. The van der Waals surface area contributed by atoms with Crippen LogP contribution in [0.3, 0.4) is 0 Å². The Balaban J connectivity index is 1.77. The highest BCUT2D eigenvalue weighted by Gasteiger charge is 2.20. The third-order valence-electron chi connectivity index (χ3n) is 3.07. The van der Waals surface area contributed by atoms with E-state index in [2.05, 4.69) is 0 Å². The number of benzene rings is 3. The lowest BCUT2D eigenvalue weighted by molar-refractivity contribution is -0.156. The fourth-order valence-electron chi connectivity index (χ4n) is 2.06. The fourth-order valence-corrected chi connectivity index (χ4v) is 2.06. The van der Waals surface area contributed by atoms with Crippen LogP contribution in [-0.4, -0.2) is 11.9 Å². The number of esters is 2. The molecule has 0 fully saturated rings. The monoisotopic (exact) mass is 292 g/mol. The summed E-state index contributed by atoms with van der Waals surface area (Å²) in [5.74, 6) is -1.49. The van der Waals surface area contributed by atoms with Crippen LogP contribution in [0.2, 0.25) is 0 Å². The molecule has 0 aliphatic heterocycles. The minimum atomic E-state index is -1.06. The van der Waals surface area contributed by atoms with Gasteiger partial charge in [0, 0.05) is 5.39 Å². The molecule has 22 heavy (non-hydrogen) atoms. The van der Waals surface area contributed by atoms with Gasteiger partial charge in [-0.1, -0.05) is 54.6 Å². The molecular weight excluding hydrogens is 280 g/mol. The fraction of sp³-hybridized carbons (Fsp3) is 0. The molecule has 0 amide bonds. The molecule has 4 nitrogen and oxygen atoms in total. The summed E-state index contributed by atoms with van der Waals surface area (Å²) in [7, 11) is 0. The lowest BCUT2D eigenvalue weighted by Gasteiger charge is -2.07. The van der Waals surface area contributed by atoms with Crippen molar-refractivity contribution in [3.63, 3.8) is 0 Å². The Morgan fingerprint density at radius 3 is 2.09 bits per heavy atom. The van der Waals surface area contributed by atoms with E-state index in [1.807, 2.05) is 30.3 Å². The Hall–Kier alpha value is -3.14. The summed E-state index contributed by atoms with van der Waals surface area (Å²) >= 11 is 0. The van der Waals surface area contributed by atoms with Gasteiger partial charge in [-0.2, -0.15) is 0 Å². The molecule has 3 aromatic carbocycles. The maximum absolute atomic E-state index is 11.9. The molecule has 0 aliphatic rings. The molecule has 0 atom stereocenters. The minimum absolute atomic E-state index is 0.294. The van der Waals surface area contributed by atoms with Crippen LogP contribution in [-0.2, 0) is 9.59 Å². The van der Waals surface area contributed by atoms with E-state index in [1.165, 1.54) is 0 Å². The van der Waals surface area contributed by atoms with Crippen molar-refractivity contribution < 1.29 is 19.1 Å². The molecule has 0 spiro atoms. The van der Waals surface area contributed by atoms with Crippen LogP contribution in [0, 0.1) is 0 Å². The largest absolute Gasteiger partial charge is 0.423 e. The van der Waals surface area contributed by atoms with E-state index in [0.717, 1.165) is 10.8 Å². The molecule has 0 heterocycles. The highest BCUT2D eigenvalue weighted by molar-refractivity contribution is 6.31. The first-order chi connectivity index (χ1) is 10.7. The Kier molecular flexibility index (Phi) is 3.83. The molecule has 0 aliphatic carbocycles. The third kappa shape index (κ3) is 2.96. The second-order valence-corrected chi connectivity index (χ2v) is 4.57. The van der Waals surface area contributed by atoms with Gasteiger partial charge in [0.2, 0.25) is 0 Å². The lowest BCUT2D eigenvalue weighted by atomic mass is 10.1. The quantitative estimate of drug-likeness (QED) is 0.413. The SMILES string of the molecule is O=C(Oc1ccccc1)C(=O)Oc1cccc2ccccc12. The summed E-state index contributed by atoms with van der Waals surface area (Å²) in [4.78, 5) is 23.6. The second kappa shape index (κ2) is 6.10. The Morgan fingerprint density at radius 2 is 1.27 bits per heavy atom. The molecule has 4 heteroatoms. The topological polar surface area (TPSA) is 52.6 Å². The van der Waals surface area contributed by atoms with Gasteiger partial charge in [0.15, 0.2) is 0 Å². The minimum Gasteiger partial charge on any atom is -0.418 e. The summed E-state index contributed by atoms with van der Waals surface area (Å²) in [6.45, 7) is 0. The predicted octanol–water partition coefficient (Wildman–Crippen LogP) is 3.35. The van der Waals surface area contributed by atoms with Crippen LogP contribution in [0.15, 0.2) is 72.8 Å². The zero-order valence-electron chi connectivity index (χ0n) is 11.6. The highest BCUT2D eigenvalue weighted by atomic mass is 16.6. The first kappa shape index (κ1) is 13.8. The Morgan fingerprint density at radius 1 is 0.636 bits per heavy atom. The molecule has 0 bridgehead atoms. The summed E-state index contributed by atoms with van der Waals surface area (Å²) in [6, 6.07) is 21.1. The van der Waals surface area contributed by atoms with Gasteiger partial charge in [-0.25, -0.2) is 9.59 Å². The normalized spacial score (nSPS) is 10.2. The van der Waals surface area contributed by atoms with Gasteiger partial charge in [-0.15, -0.1) is 0 Å². The Labute approximate surface area is 126 Å². The van der Waals surface area contributed by atoms with Crippen LogP contribution in [0.1, 0.15) is 0 Å². The zero-order chi connectivity index (χ0) is 15.4. The molecular formula is C18H12O4. The van der Waals surface area contributed by atoms with Crippen LogP contribution >= 0.6 is 0 Å². The van der Waals surface area contributed by atoms with Crippen LogP contribution in [0.25, 0.3) is 10.8 Å². The van der Waals surface area contributed by atoms with Gasteiger partial charge in [0.25, 0.3) is 0 Å². The summed E-state index contributed by atoms with van der Waals surface area (Å²) in [5.41, 5.74) is 0. The molecule has 0 aromatic heterocycles. The lowest BCUT2D eigenvalue weighted by Crippen LogP contribution is -2.25. The van der Waals surface area contributed by atoms with Crippen LogP contribution in [0.5, 0.6) is 11.5 Å². The molecule has 3 aromatic rings. The van der Waals surface area contributed by atoms with Crippen molar-refractivity contribution in [1.82, 2.24) is 0 Å². The van der Waals surface area contributed by atoms with Crippen molar-refractivity contribution in [2.24, 2.45) is 0 Å². The third-order valence-corrected chi connectivity index (χ3v) is 3.07. The van der Waals surface area contributed by atoms with Crippen molar-refractivity contribution in [3.8, 4) is 11.5 Å². The van der Waals surface area contributed by atoms with E-state index >= 15 is 0 Å². The summed E-state index contributed by atoms with van der Waals surface area (Å²) in [6.07, 6.45) is 0. The molecule has 3 rings (SSSR count). The highest BCUT2D eigenvalue weighted by Crippen LogP contribution is 2.25. The van der Waals surface area contributed by atoms with E-state index in [-0.39, 0.29) is 0 Å². The molecule has 0 N–H and O–H groups in total. The van der Waals surface area contributed by atoms with E-state index in [1.54, 1.807) is 42.5 Å². The van der Waals surface area contributed by atoms with E-state index < -0.39 is 11.9 Å². The van der Waals surface area contributed by atoms with E-state index in [0.29, 0.717) is 11.5 Å². The molecule has 0 radical (unpaired) electrons. The number of carbonyl (C=O) groups is 2. The number of hydrogen-bond donors (Lipinski definition) is 0. The van der Waals surface area contributed by atoms with E-state index in [4.69, 9.17) is 9.47 Å². The van der Waals surface area contributed by atoms with Gasteiger partial charge in [-0.05, 0) is 23.6 Å². The zero-order valence-corrected chi connectivity index (χ0v) is 11.6. The Bertz CT molecular complexity index is 819. The number of para-hydroxylation sites is 1. The van der Waals surface area contributed by atoms with Gasteiger partial charge >= 0.3 is 11.9 Å². The van der Waals surface area contributed by atoms with Gasteiger partial charge < -0.3 is 9.47 Å². The average molecular weight is 292 g/mol. The van der Waals surface area contributed by atoms with Crippen molar-refractivity contribution in [2.75, 3.05) is 0 Å². The van der Waals surface area contributed by atoms with Gasteiger partial charge in [-0.3, -0.25) is 0 Å². The molecule has 0 saturated carbocycles. The number of rotatable bonds is 2. The molecule has 0 unspecified atom stereocenters. The van der Waals surface area contributed by atoms with E-state index in [9.17, 15) is 9.59 Å². The summed E-state index contributed by atoms with van der Waals surface area (Å²) < 4.78 is 10.1. The molecule has 108 valence electrons. The van der Waals surface area contributed by atoms with Crippen LogP contribution < -0.4 is 9.47 Å². The van der Waals surface area contributed by atoms with Gasteiger partial charge in [0.05, 0.1) is 0 Å². The number of fused-ring (bicyclic) bond motifs is 1. The van der Waals surface area contributed by atoms with Crippen molar-refractivity contribution in [3.05, 3.63) is 72.8 Å². The smallest absolute Gasteiger partial charge is 0.418 e. The number of hydrogen-bond acceptors (Lipinski definition) is 4. The van der Waals surface area contributed by atoms with Crippen molar-refractivity contribution >= 4 is 22.7 Å². The van der Waals surface area contributed by atoms with Crippen molar-refractivity contribution in [2.45, 2.75) is 0 Å². The van der Waals surface area contributed by atoms with Crippen molar-refractivity contribution in [1.29, 1.82) is 0 Å². The first-order valence-electron chi connectivity index (χ1n) is 6.71. The molecule has 0 saturated heterocycles. The number of carbonyl (C=O) groups excluding carboxylic acids is 2. The second-order valence-electron chi connectivity index (χ2n) is 4.57. The first-order valence-corrected chi connectivity index (χ1v) is 6.71. The summed E-state index contributed by atoms with van der Waals surface area (Å²) in [5, 5.41) is 1.68. The maximum Gasteiger partial charge on any atom is 0.423 e. The van der Waals surface area contributed by atoms with Crippen LogP contribution in [0.4, 0.5) is 0 Å². The van der Waals surface area contributed by atoms with Gasteiger partial charge in [0.1, 0.15) is 11.5 Å². The number of ether oxygens (including phenoxy) is 2.